The second kappa shape index (κ2) is 5.62. The number of pyridine rings is 1. The molecule has 2 aromatic heterocycles. The van der Waals surface area contributed by atoms with Gasteiger partial charge in [0.25, 0.3) is 0 Å². The lowest BCUT2D eigenvalue weighted by Gasteiger charge is -2.09. The van der Waals surface area contributed by atoms with E-state index >= 15 is 0 Å². The first-order chi connectivity index (χ1) is 10.4. The van der Waals surface area contributed by atoms with E-state index in [9.17, 15) is 8.42 Å². The van der Waals surface area contributed by atoms with E-state index in [4.69, 9.17) is 0 Å². The fourth-order valence-corrected chi connectivity index (χ4v) is 3.90. The van der Waals surface area contributed by atoms with Crippen LogP contribution in [0.15, 0.2) is 41.4 Å². The third kappa shape index (κ3) is 2.52. The smallest absolute Gasteiger partial charge is 0.178 e. The van der Waals surface area contributed by atoms with Crippen LogP contribution in [0.25, 0.3) is 22.6 Å². The number of hydrogen-bond donors (Lipinski definition) is 0. The first-order valence-corrected chi connectivity index (χ1v) is 9.47. The van der Waals surface area contributed by atoms with Crippen molar-refractivity contribution in [3.8, 4) is 11.4 Å². The molecule has 3 rings (SSSR count). The maximum atomic E-state index is 12.3. The summed E-state index contributed by atoms with van der Waals surface area (Å²) in [7, 11) is -1.47. The minimum Gasteiger partial charge on any atom is -0.312 e. The van der Waals surface area contributed by atoms with Crippen molar-refractivity contribution in [1.82, 2.24) is 14.5 Å². The van der Waals surface area contributed by atoms with Gasteiger partial charge in [-0.1, -0.05) is 19.1 Å². The molecule has 0 radical (unpaired) electrons. The molecular formula is C15H14IN3O2S. The zero-order valence-corrected chi connectivity index (χ0v) is 15.1. The van der Waals surface area contributed by atoms with E-state index in [1.807, 2.05) is 23.7 Å². The quantitative estimate of drug-likeness (QED) is 0.603. The molecule has 0 aliphatic carbocycles. The number of hydrogen-bond acceptors (Lipinski definition) is 4. The summed E-state index contributed by atoms with van der Waals surface area (Å²) in [6.07, 6.45) is 1.77. The summed E-state index contributed by atoms with van der Waals surface area (Å²) in [5.41, 5.74) is 2.10. The second-order valence-corrected chi connectivity index (χ2v) is 8.38. The zero-order valence-electron chi connectivity index (χ0n) is 12.1. The maximum Gasteiger partial charge on any atom is 0.178 e. The Labute approximate surface area is 142 Å². The summed E-state index contributed by atoms with van der Waals surface area (Å²) < 4.78 is 27.5. The average molecular weight is 427 g/mol. The van der Waals surface area contributed by atoms with E-state index in [0.29, 0.717) is 16.3 Å². The SMILES string of the molecule is CCS(=O)(=O)c1ccccc1-c1nc2cc(I)cnc2n1C. The first kappa shape index (κ1) is 15.4. The van der Waals surface area contributed by atoms with Crippen LogP contribution in [0.5, 0.6) is 0 Å². The number of rotatable bonds is 3. The van der Waals surface area contributed by atoms with Crippen LogP contribution in [0.3, 0.4) is 0 Å². The predicted molar refractivity (Wildman–Crippen MR) is 94.4 cm³/mol. The molecule has 0 saturated carbocycles. The van der Waals surface area contributed by atoms with E-state index in [2.05, 4.69) is 32.6 Å². The number of fused-ring (bicyclic) bond motifs is 1. The van der Waals surface area contributed by atoms with Gasteiger partial charge in [0.05, 0.1) is 10.6 Å². The highest BCUT2D eigenvalue weighted by atomic mass is 127. The van der Waals surface area contributed by atoms with Crippen LogP contribution in [0, 0.1) is 3.57 Å². The lowest BCUT2D eigenvalue weighted by Crippen LogP contribution is -2.07. The van der Waals surface area contributed by atoms with Crippen LogP contribution in [-0.4, -0.2) is 28.7 Å². The number of aryl methyl sites for hydroxylation is 1. The Balaban J connectivity index is 2.31. The van der Waals surface area contributed by atoms with Crippen LogP contribution < -0.4 is 0 Å². The molecule has 0 unspecified atom stereocenters. The minimum atomic E-state index is -3.31. The molecule has 0 N–H and O–H groups in total. The molecule has 22 heavy (non-hydrogen) atoms. The molecule has 0 spiro atoms. The Morgan fingerprint density at radius 3 is 2.73 bits per heavy atom. The number of aromatic nitrogens is 3. The van der Waals surface area contributed by atoms with Gasteiger partial charge < -0.3 is 4.57 Å². The molecule has 0 fully saturated rings. The number of imidazole rings is 1. The van der Waals surface area contributed by atoms with E-state index < -0.39 is 9.84 Å². The van der Waals surface area contributed by atoms with Gasteiger partial charge in [-0.05, 0) is 40.8 Å². The Morgan fingerprint density at radius 2 is 2.00 bits per heavy atom. The third-order valence-electron chi connectivity index (χ3n) is 3.52. The standard InChI is InChI=1S/C15H14IN3O2S/c1-3-22(20,21)13-7-5-4-6-11(13)14-18-12-8-10(16)9-17-15(12)19(14)2/h4-9H,3H2,1-2H3. The molecule has 0 amide bonds. The third-order valence-corrected chi connectivity index (χ3v) is 5.89. The molecule has 2 heterocycles. The molecule has 1 aromatic carbocycles. The molecule has 5 nitrogen and oxygen atoms in total. The highest BCUT2D eigenvalue weighted by Gasteiger charge is 2.21. The summed E-state index contributed by atoms with van der Waals surface area (Å²) in [5.74, 6) is 0.668. The minimum absolute atomic E-state index is 0.0596. The van der Waals surface area contributed by atoms with Crippen molar-refractivity contribution in [1.29, 1.82) is 0 Å². The van der Waals surface area contributed by atoms with E-state index in [-0.39, 0.29) is 5.75 Å². The predicted octanol–water partition coefficient (Wildman–Crippen LogP) is 3.03. The largest absolute Gasteiger partial charge is 0.312 e. The fraction of sp³-hybridized carbons (Fsp3) is 0.200. The van der Waals surface area contributed by atoms with E-state index in [1.165, 1.54) is 0 Å². The molecule has 0 atom stereocenters. The summed E-state index contributed by atoms with van der Waals surface area (Å²) >= 11 is 2.18. The van der Waals surface area contributed by atoms with Crippen LogP contribution in [-0.2, 0) is 16.9 Å². The van der Waals surface area contributed by atoms with Gasteiger partial charge in [-0.2, -0.15) is 0 Å². The van der Waals surface area contributed by atoms with Gasteiger partial charge in [-0.3, -0.25) is 0 Å². The van der Waals surface area contributed by atoms with Gasteiger partial charge >= 0.3 is 0 Å². The van der Waals surface area contributed by atoms with Crippen molar-refractivity contribution < 1.29 is 8.42 Å². The lowest BCUT2D eigenvalue weighted by molar-refractivity contribution is 0.597. The Hall–Kier alpha value is -1.48. The highest BCUT2D eigenvalue weighted by Crippen LogP contribution is 2.29. The zero-order chi connectivity index (χ0) is 15.9. The highest BCUT2D eigenvalue weighted by molar-refractivity contribution is 14.1. The maximum absolute atomic E-state index is 12.3. The summed E-state index contributed by atoms with van der Waals surface area (Å²) in [4.78, 5) is 9.28. The molecule has 0 aliphatic heterocycles. The summed E-state index contributed by atoms with van der Waals surface area (Å²) in [6, 6.07) is 8.90. The van der Waals surface area contributed by atoms with Crippen LogP contribution in [0.4, 0.5) is 0 Å². The first-order valence-electron chi connectivity index (χ1n) is 6.74. The van der Waals surface area contributed by atoms with E-state index in [1.54, 1.807) is 31.3 Å². The van der Waals surface area contributed by atoms with E-state index in [0.717, 1.165) is 14.7 Å². The topological polar surface area (TPSA) is 64.8 Å². The van der Waals surface area contributed by atoms with Crippen LogP contribution in [0.2, 0.25) is 0 Å². The second-order valence-electron chi connectivity index (χ2n) is 4.89. The fourth-order valence-electron chi connectivity index (χ4n) is 2.37. The normalized spacial score (nSPS) is 12.0. The lowest BCUT2D eigenvalue weighted by atomic mass is 10.2. The van der Waals surface area contributed by atoms with Crippen LogP contribution >= 0.6 is 22.6 Å². The van der Waals surface area contributed by atoms with Crippen molar-refractivity contribution in [2.75, 3.05) is 5.75 Å². The van der Waals surface area contributed by atoms with Crippen molar-refractivity contribution in [3.63, 3.8) is 0 Å². The number of benzene rings is 1. The van der Waals surface area contributed by atoms with Gasteiger partial charge in [0.1, 0.15) is 11.3 Å². The van der Waals surface area contributed by atoms with Gasteiger partial charge in [0, 0.05) is 22.4 Å². The average Bonchev–Trinajstić information content (AvgIpc) is 2.83. The number of sulfone groups is 1. The van der Waals surface area contributed by atoms with Crippen molar-refractivity contribution in [3.05, 3.63) is 40.1 Å². The Morgan fingerprint density at radius 1 is 1.27 bits per heavy atom. The summed E-state index contributed by atoms with van der Waals surface area (Å²) in [6.45, 7) is 1.64. The van der Waals surface area contributed by atoms with Crippen molar-refractivity contribution in [2.45, 2.75) is 11.8 Å². The Kier molecular flexibility index (Phi) is 3.94. The van der Waals surface area contributed by atoms with Gasteiger partial charge in [0.15, 0.2) is 15.5 Å². The molecule has 114 valence electrons. The molecule has 0 saturated heterocycles. The van der Waals surface area contributed by atoms with Crippen LogP contribution in [0.1, 0.15) is 6.92 Å². The van der Waals surface area contributed by atoms with Gasteiger partial charge in [-0.25, -0.2) is 18.4 Å². The number of halogens is 1. The number of nitrogens with zero attached hydrogens (tertiary/aromatic N) is 3. The molecule has 7 heteroatoms. The Bertz CT molecular complexity index is 964. The summed E-state index contributed by atoms with van der Waals surface area (Å²) in [5, 5.41) is 0. The molecule has 0 bridgehead atoms. The molecule has 0 aliphatic rings. The van der Waals surface area contributed by atoms with Crippen molar-refractivity contribution >= 4 is 43.6 Å². The van der Waals surface area contributed by atoms with Crippen molar-refractivity contribution in [2.24, 2.45) is 7.05 Å². The molecular weight excluding hydrogens is 413 g/mol. The van der Waals surface area contributed by atoms with Gasteiger partial charge in [-0.15, -0.1) is 0 Å². The molecule has 3 aromatic rings. The monoisotopic (exact) mass is 427 g/mol. The van der Waals surface area contributed by atoms with Gasteiger partial charge in [0.2, 0.25) is 0 Å².